The normalized spacial score (nSPS) is 11.6. The van der Waals surface area contributed by atoms with E-state index in [1.165, 1.54) is 6.08 Å². The van der Waals surface area contributed by atoms with Crippen molar-refractivity contribution in [3.05, 3.63) is 71.8 Å². The van der Waals surface area contributed by atoms with Crippen LogP contribution in [0.2, 0.25) is 0 Å². The largest absolute Gasteiger partial charge is 0.491 e. The predicted molar refractivity (Wildman–Crippen MR) is 143 cm³/mol. The molecule has 0 spiro atoms. The molecule has 6 heteroatoms. The molecule has 0 radical (unpaired) electrons. The van der Waals surface area contributed by atoms with Gasteiger partial charge in [0.05, 0.1) is 17.6 Å². The van der Waals surface area contributed by atoms with Crippen molar-refractivity contribution < 1.29 is 28.5 Å². The summed E-state index contributed by atoms with van der Waals surface area (Å²) in [7, 11) is 0. The van der Waals surface area contributed by atoms with E-state index in [1.807, 2.05) is 45.9 Å². The van der Waals surface area contributed by atoms with Gasteiger partial charge in [-0.15, -0.1) is 6.58 Å². The van der Waals surface area contributed by atoms with Gasteiger partial charge in [-0.1, -0.05) is 6.08 Å². The molecule has 0 atom stereocenters. The van der Waals surface area contributed by atoms with Gasteiger partial charge in [0.1, 0.15) is 17.2 Å². The number of hydrogen-bond donors (Lipinski definition) is 0. The second-order valence-electron chi connectivity index (χ2n) is 9.99. The Balaban J connectivity index is 2.17. The highest BCUT2D eigenvalue weighted by atomic mass is 16.7. The Labute approximate surface area is 214 Å². The van der Waals surface area contributed by atoms with E-state index in [1.54, 1.807) is 51.1 Å². The monoisotopic (exact) mass is 494 g/mol. The van der Waals surface area contributed by atoms with Crippen LogP contribution in [0.15, 0.2) is 55.1 Å². The van der Waals surface area contributed by atoms with E-state index < -0.39 is 5.41 Å². The van der Waals surface area contributed by atoms with E-state index in [-0.39, 0.29) is 30.8 Å². The maximum absolute atomic E-state index is 12.8. The lowest BCUT2D eigenvalue weighted by molar-refractivity contribution is -0.159. The molecule has 0 aliphatic heterocycles. The Morgan fingerprint density at radius 1 is 0.944 bits per heavy atom. The number of carbonyl (C=O) groups is 2. The minimum atomic E-state index is -0.597. The number of allylic oxidation sites excluding steroid dienone is 2. The smallest absolute Gasteiger partial charge is 0.314 e. The molecule has 0 saturated carbocycles. The van der Waals surface area contributed by atoms with Crippen molar-refractivity contribution in [2.24, 2.45) is 5.41 Å². The molecule has 0 saturated heterocycles. The topological polar surface area (TPSA) is 71.1 Å². The third-order valence-electron chi connectivity index (χ3n) is 4.86. The summed E-state index contributed by atoms with van der Waals surface area (Å²) in [6.07, 6.45) is 5.69. The summed E-state index contributed by atoms with van der Waals surface area (Å²) in [4.78, 5) is 24.6. The first-order chi connectivity index (χ1) is 16.9. The molecule has 194 valence electrons. The number of esters is 1. The highest BCUT2D eigenvalue weighted by Gasteiger charge is 2.23. The molecule has 0 bridgehead atoms. The Morgan fingerprint density at radius 2 is 1.56 bits per heavy atom. The van der Waals surface area contributed by atoms with E-state index >= 15 is 0 Å². The molecule has 0 unspecified atom stereocenters. The van der Waals surface area contributed by atoms with Crippen molar-refractivity contribution in [1.82, 2.24) is 0 Å². The van der Waals surface area contributed by atoms with Crippen LogP contribution in [0.1, 0.15) is 70.0 Å². The van der Waals surface area contributed by atoms with Crippen molar-refractivity contribution in [3.63, 3.8) is 0 Å². The Kier molecular flexibility index (Phi) is 10.3. The van der Waals surface area contributed by atoms with Gasteiger partial charge in [-0.2, -0.15) is 0 Å². The molecular formula is C30H38O6. The molecule has 0 amide bonds. The SMILES string of the molecule is C=CCc1cc(/C=C/C(=O)c2ccc(OCOC(=O)C(C)(C)C)cc2)c(OC(C)C)cc1OC(C)C. The summed E-state index contributed by atoms with van der Waals surface area (Å²) < 4.78 is 22.5. The quantitative estimate of drug-likeness (QED) is 0.106. The van der Waals surface area contributed by atoms with Crippen LogP contribution < -0.4 is 14.2 Å². The summed E-state index contributed by atoms with van der Waals surface area (Å²) in [5.74, 6) is 1.38. The maximum atomic E-state index is 12.8. The first kappa shape index (κ1) is 28.7. The highest BCUT2D eigenvalue weighted by Crippen LogP contribution is 2.32. The zero-order chi connectivity index (χ0) is 26.9. The van der Waals surface area contributed by atoms with Gasteiger partial charge >= 0.3 is 5.97 Å². The summed E-state index contributed by atoms with van der Waals surface area (Å²) in [6, 6.07) is 10.5. The average molecular weight is 495 g/mol. The molecular weight excluding hydrogens is 456 g/mol. The van der Waals surface area contributed by atoms with Gasteiger partial charge in [0.2, 0.25) is 6.79 Å². The fraction of sp³-hybridized carbons (Fsp3) is 0.400. The highest BCUT2D eigenvalue weighted by molar-refractivity contribution is 6.07. The molecule has 0 aromatic heterocycles. The van der Waals surface area contributed by atoms with Gasteiger partial charge in [0, 0.05) is 17.2 Å². The van der Waals surface area contributed by atoms with Gasteiger partial charge < -0.3 is 18.9 Å². The van der Waals surface area contributed by atoms with E-state index in [2.05, 4.69) is 6.58 Å². The van der Waals surface area contributed by atoms with Crippen molar-refractivity contribution in [2.45, 2.75) is 67.1 Å². The minimum absolute atomic E-state index is 0.0147. The Hall–Kier alpha value is -3.54. The van der Waals surface area contributed by atoms with Gasteiger partial charge in [0.15, 0.2) is 5.78 Å². The predicted octanol–water partition coefficient (Wildman–Crippen LogP) is 6.81. The molecule has 0 aliphatic carbocycles. The summed E-state index contributed by atoms with van der Waals surface area (Å²) in [5.41, 5.74) is 1.66. The van der Waals surface area contributed by atoms with Crippen molar-refractivity contribution in [3.8, 4) is 17.2 Å². The Morgan fingerprint density at radius 3 is 2.11 bits per heavy atom. The van der Waals surface area contributed by atoms with Crippen LogP contribution in [0.3, 0.4) is 0 Å². The lowest BCUT2D eigenvalue weighted by atomic mass is 9.98. The van der Waals surface area contributed by atoms with Gasteiger partial charge in [-0.25, -0.2) is 0 Å². The van der Waals surface area contributed by atoms with Crippen molar-refractivity contribution >= 4 is 17.8 Å². The second-order valence-corrected chi connectivity index (χ2v) is 9.99. The molecule has 2 aromatic carbocycles. The van der Waals surface area contributed by atoms with Crippen LogP contribution in [0.4, 0.5) is 0 Å². The minimum Gasteiger partial charge on any atom is -0.491 e. The fourth-order valence-corrected chi connectivity index (χ4v) is 3.13. The van der Waals surface area contributed by atoms with Crippen LogP contribution in [-0.2, 0) is 16.0 Å². The molecule has 2 aromatic rings. The standard InChI is InChI=1S/C30H38O6/c1-9-10-23-17-24(28(36-21(4)5)18-27(23)35-20(2)3)13-16-26(31)22-11-14-25(15-12-22)33-19-34-29(32)30(6,7)8/h9,11-18,20-21H,1,10,19H2,2-8H3/b16-13+. The van der Waals surface area contributed by atoms with Crippen molar-refractivity contribution in [1.29, 1.82) is 0 Å². The van der Waals surface area contributed by atoms with Crippen LogP contribution in [0.5, 0.6) is 17.2 Å². The first-order valence-corrected chi connectivity index (χ1v) is 12.1. The fourth-order valence-electron chi connectivity index (χ4n) is 3.13. The molecule has 0 N–H and O–H groups in total. The van der Waals surface area contributed by atoms with E-state index in [9.17, 15) is 9.59 Å². The summed E-state index contributed by atoms with van der Waals surface area (Å²) in [5, 5.41) is 0. The molecule has 2 rings (SSSR count). The third-order valence-corrected chi connectivity index (χ3v) is 4.86. The number of ether oxygens (including phenoxy) is 4. The number of rotatable bonds is 12. The molecule has 6 nitrogen and oxygen atoms in total. The summed E-state index contributed by atoms with van der Waals surface area (Å²) >= 11 is 0. The number of benzene rings is 2. The zero-order valence-electron chi connectivity index (χ0n) is 22.4. The summed E-state index contributed by atoms with van der Waals surface area (Å²) in [6.45, 7) is 16.8. The zero-order valence-corrected chi connectivity index (χ0v) is 22.4. The van der Waals surface area contributed by atoms with Crippen LogP contribution in [0.25, 0.3) is 6.08 Å². The van der Waals surface area contributed by atoms with E-state index in [0.717, 1.165) is 16.9 Å². The van der Waals surface area contributed by atoms with Gasteiger partial charge in [-0.05, 0) is 103 Å². The Bertz CT molecular complexity index is 1070. The maximum Gasteiger partial charge on any atom is 0.314 e. The first-order valence-electron chi connectivity index (χ1n) is 12.1. The van der Waals surface area contributed by atoms with E-state index in [4.69, 9.17) is 18.9 Å². The lowest BCUT2D eigenvalue weighted by Crippen LogP contribution is -2.24. The van der Waals surface area contributed by atoms with Gasteiger partial charge in [-0.3, -0.25) is 9.59 Å². The van der Waals surface area contributed by atoms with Crippen LogP contribution in [-0.4, -0.2) is 30.8 Å². The molecule has 0 fully saturated rings. The molecule has 0 aliphatic rings. The second kappa shape index (κ2) is 13.0. The number of hydrogen-bond acceptors (Lipinski definition) is 6. The van der Waals surface area contributed by atoms with Crippen molar-refractivity contribution in [2.75, 3.05) is 6.79 Å². The number of carbonyl (C=O) groups excluding carboxylic acids is 2. The van der Waals surface area contributed by atoms with Gasteiger partial charge in [0.25, 0.3) is 0 Å². The average Bonchev–Trinajstić information content (AvgIpc) is 2.78. The van der Waals surface area contributed by atoms with Crippen LogP contribution in [0, 0.1) is 5.41 Å². The number of ketones is 1. The van der Waals surface area contributed by atoms with E-state index in [0.29, 0.717) is 23.5 Å². The molecule has 36 heavy (non-hydrogen) atoms. The lowest BCUT2D eigenvalue weighted by Gasteiger charge is -2.19. The third kappa shape index (κ3) is 8.91. The van der Waals surface area contributed by atoms with Crippen LogP contribution >= 0.6 is 0 Å². The molecule has 0 heterocycles.